The molecule has 0 saturated heterocycles. The smallest absolute Gasteiger partial charge is 0.191 e. The second-order valence-electron chi connectivity index (χ2n) is 6.50. The van der Waals surface area contributed by atoms with Gasteiger partial charge >= 0.3 is 0 Å². The fourth-order valence-electron chi connectivity index (χ4n) is 3.63. The van der Waals surface area contributed by atoms with E-state index in [-0.39, 0.29) is 24.0 Å². The van der Waals surface area contributed by atoms with Crippen molar-refractivity contribution in [3.63, 3.8) is 0 Å². The number of guanidine groups is 1. The minimum Gasteiger partial charge on any atom is -0.366 e. The summed E-state index contributed by atoms with van der Waals surface area (Å²) in [6.07, 6.45) is 6.40. The lowest BCUT2D eigenvalue weighted by molar-refractivity contribution is 0.590. The van der Waals surface area contributed by atoms with Gasteiger partial charge in [-0.1, -0.05) is 31.0 Å². The van der Waals surface area contributed by atoms with E-state index in [2.05, 4.69) is 51.7 Å². The van der Waals surface area contributed by atoms with E-state index in [1.54, 1.807) is 0 Å². The van der Waals surface area contributed by atoms with E-state index in [0.29, 0.717) is 12.1 Å². The highest BCUT2D eigenvalue weighted by Gasteiger charge is 2.23. The molecule has 1 unspecified atom stereocenters. The maximum absolute atomic E-state index is 4.37. The van der Waals surface area contributed by atoms with E-state index in [9.17, 15) is 0 Å². The van der Waals surface area contributed by atoms with Gasteiger partial charge in [0.2, 0.25) is 0 Å². The summed E-state index contributed by atoms with van der Waals surface area (Å²) in [5, 5.41) is 7.05. The maximum atomic E-state index is 4.37. The quantitative estimate of drug-likeness (QED) is 0.440. The largest absolute Gasteiger partial charge is 0.366 e. The molecule has 1 atom stereocenters. The van der Waals surface area contributed by atoms with Crippen LogP contribution in [0, 0.1) is 0 Å². The molecule has 1 fully saturated rings. The van der Waals surface area contributed by atoms with Gasteiger partial charge in [0.05, 0.1) is 0 Å². The van der Waals surface area contributed by atoms with Crippen molar-refractivity contribution in [1.29, 1.82) is 0 Å². The summed E-state index contributed by atoms with van der Waals surface area (Å²) in [6, 6.07) is 9.83. The van der Waals surface area contributed by atoms with Crippen LogP contribution in [-0.2, 0) is 6.42 Å². The minimum absolute atomic E-state index is 0. The maximum Gasteiger partial charge on any atom is 0.191 e. The van der Waals surface area contributed by atoms with E-state index in [1.807, 2.05) is 7.05 Å². The van der Waals surface area contributed by atoms with Crippen molar-refractivity contribution in [3.05, 3.63) is 29.8 Å². The minimum atomic E-state index is 0. The number of fused-ring (bicyclic) bond motifs is 1. The predicted octanol–water partition coefficient (Wildman–Crippen LogP) is 3.16. The van der Waals surface area contributed by atoms with Crippen molar-refractivity contribution < 1.29 is 0 Å². The summed E-state index contributed by atoms with van der Waals surface area (Å²) < 4.78 is 0. The summed E-state index contributed by atoms with van der Waals surface area (Å²) in [4.78, 5) is 6.88. The van der Waals surface area contributed by atoms with Crippen LogP contribution in [0.2, 0.25) is 0 Å². The average molecular weight is 428 g/mol. The Morgan fingerprint density at radius 2 is 2.04 bits per heavy atom. The molecule has 128 valence electrons. The van der Waals surface area contributed by atoms with E-state index in [4.69, 9.17) is 0 Å². The topological polar surface area (TPSA) is 39.7 Å². The Balaban J connectivity index is 0.00000192. The van der Waals surface area contributed by atoms with Crippen molar-refractivity contribution in [2.45, 2.75) is 51.1 Å². The Labute approximate surface area is 157 Å². The van der Waals surface area contributed by atoms with Gasteiger partial charge in [0.1, 0.15) is 0 Å². The van der Waals surface area contributed by atoms with Gasteiger partial charge in [0.15, 0.2) is 5.96 Å². The highest BCUT2D eigenvalue weighted by molar-refractivity contribution is 14.0. The standard InChI is InChI=1S/C18H28N4.HI/c1-14(22-12-11-15-7-3-6-10-17(15)22)13-20-18(19-2)21-16-8-4-5-9-16;/h3,6-7,10,14,16H,4-5,8-9,11-13H2,1-2H3,(H2,19,20,21);1H. The predicted molar refractivity (Wildman–Crippen MR) is 109 cm³/mol. The first-order valence-electron chi connectivity index (χ1n) is 8.59. The molecule has 0 radical (unpaired) electrons. The van der Waals surface area contributed by atoms with Gasteiger partial charge < -0.3 is 15.5 Å². The monoisotopic (exact) mass is 428 g/mol. The van der Waals surface area contributed by atoms with Crippen LogP contribution in [0.5, 0.6) is 0 Å². The molecule has 0 spiro atoms. The third-order valence-corrected chi connectivity index (χ3v) is 4.94. The van der Waals surface area contributed by atoms with Gasteiger partial charge in [0.25, 0.3) is 0 Å². The number of halogens is 1. The zero-order valence-electron chi connectivity index (χ0n) is 14.2. The molecule has 1 aliphatic carbocycles. The first kappa shape index (κ1) is 18.4. The second-order valence-corrected chi connectivity index (χ2v) is 6.50. The van der Waals surface area contributed by atoms with Crippen LogP contribution >= 0.6 is 24.0 Å². The van der Waals surface area contributed by atoms with Crippen LogP contribution < -0.4 is 15.5 Å². The van der Waals surface area contributed by atoms with E-state index < -0.39 is 0 Å². The normalized spacial score (nSPS) is 19.2. The molecule has 0 bridgehead atoms. The molecule has 1 aromatic rings. The second kappa shape index (κ2) is 8.76. The van der Waals surface area contributed by atoms with Crippen LogP contribution in [0.1, 0.15) is 38.2 Å². The third-order valence-electron chi connectivity index (χ3n) is 4.94. The van der Waals surface area contributed by atoms with Crippen LogP contribution in [0.3, 0.4) is 0 Å². The number of nitrogens with one attached hydrogen (secondary N) is 2. The lowest BCUT2D eigenvalue weighted by Gasteiger charge is -2.28. The Morgan fingerprint density at radius 3 is 2.78 bits per heavy atom. The fraction of sp³-hybridized carbons (Fsp3) is 0.611. The molecule has 5 heteroatoms. The Bertz CT molecular complexity index is 526. The summed E-state index contributed by atoms with van der Waals surface area (Å²) in [6.45, 7) is 4.33. The number of anilines is 1. The highest BCUT2D eigenvalue weighted by atomic mass is 127. The molecule has 1 aromatic carbocycles. The lowest BCUT2D eigenvalue weighted by Crippen LogP contribution is -2.47. The Morgan fingerprint density at radius 1 is 1.30 bits per heavy atom. The zero-order valence-corrected chi connectivity index (χ0v) is 16.5. The number of hydrogen-bond acceptors (Lipinski definition) is 2. The molecule has 2 aliphatic rings. The first-order valence-corrected chi connectivity index (χ1v) is 8.59. The molecule has 0 amide bonds. The molecule has 1 heterocycles. The summed E-state index contributed by atoms with van der Waals surface area (Å²) in [5.41, 5.74) is 2.87. The molecule has 1 saturated carbocycles. The SMILES string of the molecule is CN=C(NCC(C)N1CCc2ccccc21)NC1CCCC1.I. The molecule has 1 aliphatic heterocycles. The number of hydrogen-bond donors (Lipinski definition) is 2. The molecule has 3 rings (SSSR count). The van der Waals surface area contributed by atoms with Crippen LogP contribution in [-0.4, -0.2) is 38.2 Å². The van der Waals surface area contributed by atoms with Gasteiger partial charge in [-0.25, -0.2) is 0 Å². The van der Waals surface area contributed by atoms with E-state index in [1.165, 1.54) is 36.9 Å². The van der Waals surface area contributed by atoms with Crippen molar-refractivity contribution >= 4 is 35.6 Å². The van der Waals surface area contributed by atoms with Gasteiger partial charge in [-0.05, 0) is 37.8 Å². The first-order chi connectivity index (χ1) is 10.8. The lowest BCUT2D eigenvalue weighted by atomic mass is 10.2. The van der Waals surface area contributed by atoms with Crippen LogP contribution in [0.15, 0.2) is 29.3 Å². The number of nitrogens with zero attached hydrogens (tertiary/aromatic N) is 2. The molecular formula is C18H29IN4. The Hall–Kier alpha value is -0.980. The average Bonchev–Trinajstić information content (AvgIpc) is 3.20. The van der Waals surface area contributed by atoms with Gasteiger partial charge in [0, 0.05) is 37.9 Å². The molecule has 0 aromatic heterocycles. The summed E-state index contributed by atoms with van der Waals surface area (Å²) in [5.74, 6) is 0.950. The summed E-state index contributed by atoms with van der Waals surface area (Å²) >= 11 is 0. The van der Waals surface area contributed by atoms with Crippen molar-refractivity contribution in [2.24, 2.45) is 4.99 Å². The van der Waals surface area contributed by atoms with Crippen LogP contribution in [0.25, 0.3) is 0 Å². The Kier molecular flexibility index (Phi) is 6.99. The van der Waals surface area contributed by atoms with E-state index in [0.717, 1.165) is 25.5 Å². The number of aliphatic imine (C=N–C) groups is 1. The van der Waals surface area contributed by atoms with E-state index >= 15 is 0 Å². The van der Waals surface area contributed by atoms with Crippen molar-refractivity contribution in [2.75, 3.05) is 25.0 Å². The van der Waals surface area contributed by atoms with Crippen LogP contribution in [0.4, 0.5) is 5.69 Å². The summed E-state index contributed by atoms with van der Waals surface area (Å²) in [7, 11) is 1.86. The highest BCUT2D eigenvalue weighted by Crippen LogP contribution is 2.28. The number of rotatable bonds is 4. The molecular weight excluding hydrogens is 399 g/mol. The molecule has 2 N–H and O–H groups in total. The number of para-hydroxylation sites is 1. The fourth-order valence-corrected chi connectivity index (χ4v) is 3.63. The van der Waals surface area contributed by atoms with Crippen molar-refractivity contribution in [3.8, 4) is 0 Å². The van der Waals surface area contributed by atoms with Crippen molar-refractivity contribution in [1.82, 2.24) is 10.6 Å². The molecule has 4 nitrogen and oxygen atoms in total. The molecule has 23 heavy (non-hydrogen) atoms. The van der Waals surface area contributed by atoms with Gasteiger partial charge in [-0.2, -0.15) is 0 Å². The zero-order chi connectivity index (χ0) is 15.4. The van der Waals surface area contributed by atoms with Gasteiger partial charge in [-0.3, -0.25) is 4.99 Å². The van der Waals surface area contributed by atoms with Gasteiger partial charge in [-0.15, -0.1) is 24.0 Å². The number of benzene rings is 1. The third kappa shape index (κ3) is 4.52.